The van der Waals surface area contributed by atoms with E-state index in [1.165, 1.54) is 30.4 Å². The second-order valence-corrected chi connectivity index (χ2v) is 5.42. The Morgan fingerprint density at radius 1 is 1.24 bits per heavy atom. The van der Waals surface area contributed by atoms with Crippen molar-refractivity contribution >= 4 is 0 Å². The number of rotatable bonds is 3. The zero-order valence-corrected chi connectivity index (χ0v) is 11.0. The average Bonchev–Trinajstić information content (AvgIpc) is 2.29. The number of aryl methyl sites for hydroxylation is 1. The van der Waals surface area contributed by atoms with Crippen molar-refractivity contribution in [3.63, 3.8) is 0 Å². The molecule has 0 bridgehead atoms. The van der Waals surface area contributed by atoms with E-state index in [1.807, 2.05) is 0 Å². The Morgan fingerprint density at radius 2 is 1.94 bits per heavy atom. The van der Waals surface area contributed by atoms with E-state index in [0.717, 1.165) is 25.0 Å². The minimum absolute atomic E-state index is 0.0146. The lowest BCUT2D eigenvalue weighted by molar-refractivity contribution is 0.290. The fraction of sp³-hybridized carbons (Fsp3) is 0.600. The molecule has 2 rings (SSSR count). The first kappa shape index (κ1) is 12.4. The highest BCUT2D eigenvalue weighted by Gasteiger charge is 2.28. The van der Waals surface area contributed by atoms with Gasteiger partial charge in [-0.15, -0.1) is 0 Å². The number of methoxy groups -OCH3 is 1. The first-order valence-corrected chi connectivity index (χ1v) is 6.55. The van der Waals surface area contributed by atoms with Gasteiger partial charge in [0.15, 0.2) is 0 Å². The molecule has 17 heavy (non-hydrogen) atoms. The van der Waals surface area contributed by atoms with Gasteiger partial charge in [0, 0.05) is 5.54 Å². The molecule has 0 atom stereocenters. The standard InChI is InChI=1S/C15H23NO/c1-12-6-7-14(17-2)13(10-12)11-15(16)8-4-3-5-9-15/h6-7,10H,3-5,8-9,11,16H2,1-2H3. The smallest absolute Gasteiger partial charge is 0.122 e. The van der Waals surface area contributed by atoms with Gasteiger partial charge in [0.1, 0.15) is 5.75 Å². The van der Waals surface area contributed by atoms with Crippen molar-refractivity contribution in [1.82, 2.24) is 0 Å². The van der Waals surface area contributed by atoms with Gasteiger partial charge in [-0.3, -0.25) is 0 Å². The van der Waals surface area contributed by atoms with E-state index in [1.54, 1.807) is 7.11 Å². The summed E-state index contributed by atoms with van der Waals surface area (Å²) in [5.41, 5.74) is 9.03. The third-order valence-corrected chi connectivity index (χ3v) is 3.83. The van der Waals surface area contributed by atoms with Gasteiger partial charge in [0.05, 0.1) is 7.11 Å². The molecule has 0 spiro atoms. The van der Waals surface area contributed by atoms with Gasteiger partial charge in [-0.1, -0.05) is 37.0 Å². The van der Waals surface area contributed by atoms with E-state index in [9.17, 15) is 0 Å². The van der Waals surface area contributed by atoms with Crippen molar-refractivity contribution in [3.8, 4) is 5.75 Å². The molecular formula is C15H23NO. The van der Waals surface area contributed by atoms with E-state index >= 15 is 0 Å². The van der Waals surface area contributed by atoms with Gasteiger partial charge in [-0.25, -0.2) is 0 Å². The maximum Gasteiger partial charge on any atom is 0.122 e. The molecule has 2 N–H and O–H groups in total. The van der Waals surface area contributed by atoms with Gasteiger partial charge in [0.25, 0.3) is 0 Å². The highest BCUT2D eigenvalue weighted by Crippen LogP contribution is 2.32. The summed E-state index contributed by atoms with van der Waals surface area (Å²) in [5.74, 6) is 0.978. The molecule has 1 saturated carbocycles. The van der Waals surface area contributed by atoms with E-state index < -0.39 is 0 Å². The molecule has 2 nitrogen and oxygen atoms in total. The molecule has 1 aliphatic carbocycles. The Labute approximate surface area is 104 Å². The largest absolute Gasteiger partial charge is 0.496 e. The van der Waals surface area contributed by atoms with Gasteiger partial charge in [-0.2, -0.15) is 0 Å². The fourth-order valence-electron chi connectivity index (χ4n) is 2.86. The molecule has 0 aliphatic heterocycles. The maximum absolute atomic E-state index is 6.51. The van der Waals surface area contributed by atoms with Crippen molar-refractivity contribution in [1.29, 1.82) is 0 Å². The number of ether oxygens (including phenoxy) is 1. The van der Waals surface area contributed by atoms with Crippen molar-refractivity contribution < 1.29 is 4.74 Å². The number of benzene rings is 1. The second-order valence-electron chi connectivity index (χ2n) is 5.42. The lowest BCUT2D eigenvalue weighted by Crippen LogP contribution is -2.43. The normalized spacial score (nSPS) is 19.0. The van der Waals surface area contributed by atoms with Crippen molar-refractivity contribution in [2.24, 2.45) is 5.73 Å². The zero-order chi connectivity index (χ0) is 12.3. The van der Waals surface area contributed by atoms with Crippen LogP contribution in [0.15, 0.2) is 18.2 Å². The van der Waals surface area contributed by atoms with Gasteiger partial charge in [0.2, 0.25) is 0 Å². The summed E-state index contributed by atoms with van der Waals surface area (Å²) in [4.78, 5) is 0. The number of hydrogen-bond acceptors (Lipinski definition) is 2. The Morgan fingerprint density at radius 3 is 2.59 bits per heavy atom. The highest BCUT2D eigenvalue weighted by molar-refractivity contribution is 5.38. The predicted octanol–water partition coefficient (Wildman–Crippen LogP) is 3.21. The SMILES string of the molecule is COc1ccc(C)cc1CC1(N)CCCCC1. The van der Waals surface area contributed by atoms with Gasteiger partial charge in [-0.05, 0) is 37.8 Å². The molecule has 0 amide bonds. The topological polar surface area (TPSA) is 35.2 Å². The summed E-state index contributed by atoms with van der Waals surface area (Å²) in [6.07, 6.45) is 7.10. The van der Waals surface area contributed by atoms with Gasteiger partial charge >= 0.3 is 0 Å². The fourth-order valence-corrected chi connectivity index (χ4v) is 2.86. The molecule has 0 unspecified atom stereocenters. The minimum atomic E-state index is -0.0146. The first-order chi connectivity index (χ1) is 8.13. The molecular weight excluding hydrogens is 210 g/mol. The van der Waals surface area contributed by atoms with E-state index in [4.69, 9.17) is 10.5 Å². The molecule has 1 aromatic rings. The number of hydrogen-bond donors (Lipinski definition) is 1. The Balaban J connectivity index is 2.19. The minimum Gasteiger partial charge on any atom is -0.496 e. The third-order valence-electron chi connectivity index (χ3n) is 3.83. The molecule has 94 valence electrons. The molecule has 0 saturated heterocycles. The maximum atomic E-state index is 6.51. The molecule has 1 aromatic carbocycles. The zero-order valence-electron chi connectivity index (χ0n) is 11.0. The molecule has 1 fully saturated rings. The molecule has 0 heterocycles. The van der Waals surface area contributed by atoms with Crippen LogP contribution in [0.5, 0.6) is 5.75 Å². The lowest BCUT2D eigenvalue weighted by Gasteiger charge is -2.34. The van der Waals surface area contributed by atoms with Crippen molar-refractivity contribution in [2.45, 2.75) is 51.0 Å². The van der Waals surface area contributed by atoms with Crippen LogP contribution >= 0.6 is 0 Å². The van der Waals surface area contributed by atoms with Crippen LogP contribution in [0, 0.1) is 6.92 Å². The monoisotopic (exact) mass is 233 g/mol. The summed E-state index contributed by atoms with van der Waals surface area (Å²) >= 11 is 0. The Hall–Kier alpha value is -1.02. The van der Waals surface area contributed by atoms with Crippen LogP contribution in [0.2, 0.25) is 0 Å². The van der Waals surface area contributed by atoms with E-state index in [2.05, 4.69) is 25.1 Å². The van der Waals surface area contributed by atoms with E-state index in [0.29, 0.717) is 0 Å². The lowest BCUT2D eigenvalue weighted by atomic mass is 9.78. The van der Waals surface area contributed by atoms with Gasteiger partial charge < -0.3 is 10.5 Å². The van der Waals surface area contributed by atoms with Crippen LogP contribution in [0.1, 0.15) is 43.2 Å². The quantitative estimate of drug-likeness (QED) is 0.870. The molecule has 0 radical (unpaired) electrons. The average molecular weight is 233 g/mol. The second kappa shape index (κ2) is 5.09. The van der Waals surface area contributed by atoms with Crippen LogP contribution in [-0.2, 0) is 6.42 Å². The van der Waals surface area contributed by atoms with Crippen LogP contribution in [0.4, 0.5) is 0 Å². The molecule has 2 heteroatoms. The van der Waals surface area contributed by atoms with E-state index in [-0.39, 0.29) is 5.54 Å². The summed E-state index contributed by atoms with van der Waals surface area (Å²) in [7, 11) is 1.73. The van der Waals surface area contributed by atoms with Crippen molar-refractivity contribution in [3.05, 3.63) is 29.3 Å². The summed E-state index contributed by atoms with van der Waals surface area (Å²) < 4.78 is 5.43. The van der Waals surface area contributed by atoms with Crippen LogP contribution in [0.25, 0.3) is 0 Å². The number of nitrogens with two attached hydrogens (primary N) is 1. The van der Waals surface area contributed by atoms with Crippen molar-refractivity contribution in [2.75, 3.05) is 7.11 Å². The van der Waals surface area contributed by atoms with Crippen LogP contribution < -0.4 is 10.5 Å². The molecule has 1 aliphatic rings. The third kappa shape index (κ3) is 3.01. The summed E-state index contributed by atoms with van der Waals surface area (Å²) in [6.45, 7) is 2.12. The Kier molecular flexibility index (Phi) is 3.72. The van der Waals surface area contributed by atoms with Crippen LogP contribution in [-0.4, -0.2) is 12.6 Å². The highest BCUT2D eigenvalue weighted by atomic mass is 16.5. The Bertz CT molecular complexity index is 381. The summed E-state index contributed by atoms with van der Waals surface area (Å²) in [6, 6.07) is 6.35. The molecule has 0 aromatic heterocycles. The predicted molar refractivity (Wildman–Crippen MR) is 71.4 cm³/mol. The van der Waals surface area contributed by atoms with Crippen LogP contribution in [0.3, 0.4) is 0 Å². The first-order valence-electron chi connectivity index (χ1n) is 6.55. The summed E-state index contributed by atoms with van der Waals surface area (Å²) in [5, 5.41) is 0.